The van der Waals surface area contributed by atoms with Crippen LogP contribution in [-0.2, 0) is 4.74 Å². The van der Waals surface area contributed by atoms with Crippen LogP contribution in [0.25, 0.3) is 10.2 Å². The van der Waals surface area contributed by atoms with Gasteiger partial charge in [-0.25, -0.2) is 9.97 Å². The van der Waals surface area contributed by atoms with E-state index in [-0.39, 0.29) is 0 Å². The van der Waals surface area contributed by atoms with Gasteiger partial charge in [0.05, 0.1) is 18.6 Å². The number of thiophene rings is 1. The van der Waals surface area contributed by atoms with Gasteiger partial charge in [0.15, 0.2) is 0 Å². The van der Waals surface area contributed by atoms with E-state index in [9.17, 15) is 0 Å². The summed E-state index contributed by atoms with van der Waals surface area (Å²) in [5.41, 5.74) is 0. The maximum absolute atomic E-state index is 5.51. The van der Waals surface area contributed by atoms with Crippen LogP contribution in [0.3, 0.4) is 0 Å². The minimum absolute atomic E-state index is 0.684. The fourth-order valence-electron chi connectivity index (χ4n) is 1.52. The summed E-state index contributed by atoms with van der Waals surface area (Å²) < 4.78 is 5.51. The van der Waals surface area contributed by atoms with Crippen molar-refractivity contribution in [2.24, 2.45) is 0 Å². The molecule has 0 saturated carbocycles. The largest absolute Gasteiger partial charge is 0.378 e. The Bertz CT molecular complexity index is 486. The first kappa shape index (κ1) is 13.2. The molecule has 0 saturated heterocycles. The number of nitrogens with zero attached hydrogens (tertiary/aromatic N) is 3. The number of nitrogens with one attached hydrogen (secondary N) is 1. The molecule has 5 nitrogen and oxygen atoms in total. The highest BCUT2D eigenvalue weighted by Gasteiger charge is 2.03. The highest BCUT2D eigenvalue weighted by atomic mass is 32.1. The summed E-state index contributed by atoms with van der Waals surface area (Å²) in [6.07, 6.45) is 1.59. The molecule has 0 atom stereocenters. The lowest BCUT2D eigenvalue weighted by Gasteiger charge is -2.10. The second-order valence-corrected chi connectivity index (χ2v) is 5.10. The van der Waals surface area contributed by atoms with Gasteiger partial charge in [-0.2, -0.15) is 0 Å². The zero-order valence-electron chi connectivity index (χ0n) is 10.7. The van der Waals surface area contributed by atoms with E-state index in [4.69, 9.17) is 4.74 Å². The van der Waals surface area contributed by atoms with E-state index >= 15 is 0 Å². The van der Waals surface area contributed by atoms with Gasteiger partial charge in [-0.05, 0) is 25.5 Å². The number of rotatable bonds is 7. The number of aromatic nitrogens is 2. The van der Waals surface area contributed by atoms with Crippen LogP contribution in [0.2, 0.25) is 0 Å². The maximum atomic E-state index is 5.51. The van der Waals surface area contributed by atoms with Crippen molar-refractivity contribution in [1.29, 1.82) is 0 Å². The molecule has 2 heterocycles. The van der Waals surface area contributed by atoms with Crippen molar-refractivity contribution in [2.75, 3.05) is 45.7 Å². The molecule has 0 aliphatic carbocycles. The maximum Gasteiger partial charge on any atom is 0.138 e. The summed E-state index contributed by atoms with van der Waals surface area (Å²) in [4.78, 5) is 11.6. The second-order valence-electron chi connectivity index (χ2n) is 4.20. The predicted molar refractivity (Wildman–Crippen MR) is 75.3 cm³/mol. The topological polar surface area (TPSA) is 50.3 Å². The second kappa shape index (κ2) is 6.63. The van der Waals surface area contributed by atoms with Gasteiger partial charge in [-0.3, -0.25) is 0 Å². The van der Waals surface area contributed by atoms with Crippen molar-refractivity contribution >= 4 is 27.4 Å². The molecule has 0 aliphatic rings. The van der Waals surface area contributed by atoms with Crippen LogP contribution in [0.5, 0.6) is 0 Å². The molecule has 18 heavy (non-hydrogen) atoms. The minimum Gasteiger partial charge on any atom is -0.378 e. The first-order chi connectivity index (χ1) is 8.77. The molecule has 0 spiro atoms. The third-order valence-electron chi connectivity index (χ3n) is 2.48. The number of ether oxygens (including phenoxy) is 1. The third kappa shape index (κ3) is 3.63. The summed E-state index contributed by atoms with van der Waals surface area (Å²) in [5.74, 6) is 0.887. The summed E-state index contributed by atoms with van der Waals surface area (Å²) in [5, 5.41) is 6.38. The van der Waals surface area contributed by atoms with Crippen LogP contribution in [-0.4, -0.2) is 55.3 Å². The molecule has 2 aromatic heterocycles. The van der Waals surface area contributed by atoms with Crippen molar-refractivity contribution in [3.63, 3.8) is 0 Å². The zero-order valence-corrected chi connectivity index (χ0v) is 11.5. The Kier molecular flexibility index (Phi) is 4.86. The molecule has 0 amide bonds. The third-order valence-corrected chi connectivity index (χ3v) is 3.30. The summed E-state index contributed by atoms with van der Waals surface area (Å²) in [6, 6.07) is 2.04. The Morgan fingerprint density at radius 2 is 2.22 bits per heavy atom. The normalized spacial score (nSPS) is 11.3. The number of likely N-dealkylation sites (N-methyl/N-ethyl adjacent to an activating group) is 1. The van der Waals surface area contributed by atoms with E-state index in [0.29, 0.717) is 6.61 Å². The molecule has 0 aromatic carbocycles. The highest BCUT2D eigenvalue weighted by molar-refractivity contribution is 7.16. The SMILES string of the molecule is CN(C)CCOCCNc1ncnc2sccc12. The van der Waals surface area contributed by atoms with E-state index in [2.05, 4.69) is 20.2 Å². The first-order valence-corrected chi connectivity index (χ1v) is 6.80. The summed E-state index contributed by atoms with van der Waals surface area (Å²) >= 11 is 1.62. The molecule has 2 rings (SSSR count). The molecular weight excluding hydrogens is 248 g/mol. The van der Waals surface area contributed by atoms with Gasteiger partial charge < -0.3 is 15.0 Å². The Hall–Kier alpha value is -1.24. The average Bonchev–Trinajstić information content (AvgIpc) is 2.82. The monoisotopic (exact) mass is 266 g/mol. The van der Waals surface area contributed by atoms with Crippen molar-refractivity contribution < 1.29 is 4.74 Å². The van der Waals surface area contributed by atoms with Gasteiger partial charge in [0.25, 0.3) is 0 Å². The van der Waals surface area contributed by atoms with Gasteiger partial charge in [0, 0.05) is 13.1 Å². The lowest BCUT2D eigenvalue weighted by molar-refractivity contribution is 0.126. The lowest BCUT2D eigenvalue weighted by atomic mass is 10.4. The van der Waals surface area contributed by atoms with Crippen LogP contribution < -0.4 is 5.32 Å². The smallest absolute Gasteiger partial charge is 0.138 e. The molecule has 0 fully saturated rings. The predicted octanol–water partition coefficient (Wildman–Crippen LogP) is 1.68. The highest BCUT2D eigenvalue weighted by Crippen LogP contribution is 2.23. The molecule has 6 heteroatoms. The van der Waals surface area contributed by atoms with Crippen molar-refractivity contribution in [3.05, 3.63) is 17.8 Å². The Labute approximate surface area is 111 Å². The number of hydrogen-bond acceptors (Lipinski definition) is 6. The fraction of sp³-hybridized carbons (Fsp3) is 0.500. The van der Waals surface area contributed by atoms with Crippen LogP contribution in [0, 0.1) is 0 Å². The molecule has 0 radical (unpaired) electrons. The first-order valence-electron chi connectivity index (χ1n) is 5.92. The molecule has 0 aliphatic heterocycles. The Morgan fingerprint density at radius 3 is 3.06 bits per heavy atom. The van der Waals surface area contributed by atoms with Crippen molar-refractivity contribution in [1.82, 2.24) is 14.9 Å². The van der Waals surface area contributed by atoms with Gasteiger partial charge in [-0.1, -0.05) is 0 Å². The van der Waals surface area contributed by atoms with Gasteiger partial charge in [-0.15, -0.1) is 11.3 Å². The molecular formula is C12H18N4OS. The number of fused-ring (bicyclic) bond motifs is 1. The summed E-state index contributed by atoms with van der Waals surface area (Å²) in [7, 11) is 4.08. The van der Waals surface area contributed by atoms with Crippen LogP contribution >= 0.6 is 11.3 Å². The lowest BCUT2D eigenvalue weighted by Crippen LogP contribution is -2.20. The number of anilines is 1. The molecule has 2 aromatic rings. The van der Waals surface area contributed by atoms with Crippen LogP contribution in [0.4, 0.5) is 5.82 Å². The van der Waals surface area contributed by atoms with Crippen molar-refractivity contribution in [2.45, 2.75) is 0 Å². The van der Waals surface area contributed by atoms with Crippen molar-refractivity contribution in [3.8, 4) is 0 Å². The molecule has 0 unspecified atom stereocenters. The van der Waals surface area contributed by atoms with Gasteiger partial charge >= 0.3 is 0 Å². The average molecular weight is 266 g/mol. The standard InChI is InChI=1S/C12H18N4OS/c1-16(2)5-7-17-6-4-13-11-10-3-8-18-12(10)15-9-14-11/h3,8-9H,4-7H2,1-2H3,(H,13,14,15). The Balaban J connectivity index is 1.75. The van der Waals surface area contributed by atoms with E-state index in [0.717, 1.165) is 35.7 Å². The quantitative estimate of drug-likeness (QED) is 0.773. The zero-order chi connectivity index (χ0) is 12.8. The van der Waals surface area contributed by atoms with E-state index in [1.165, 1.54) is 0 Å². The number of hydrogen-bond donors (Lipinski definition) is 1. The van der Waals surface area contributed by atoms with E-state index in [1.54, 1.807) is 17.7 Å². The van der Waals surface area contributed by atoms with E-state index < -0.39 is 0 Å². The molecule has 0 bridgehead atoms. The molecule has 98 valence electrons. The minimum atomic E-state index is 0.684. The van der Waals surface area contributed by atoms with Crippen LogP contribution in [0.15, 0.2) is 17.8 Å². The van der Waals surface area contributed by atoms with Gasteiger partial charge in [0.2, 0.25) is 0 Å². The summed E-state index contributed by atoms with van der Waals surface area (Å²) in [6.45, 7) is 3.15. The van der Waals surface area contributed by atoms with E-state index in [1.807, 2.05) is 25.5 Å². The fourth-order valence-corrected chi connectivity index (χ4v) is 2.25. The Morgan fingerprint density at radius 1 is 1.33 bits per heavy atom. The van der Waals surface area contributed by atoms with Gasteiger partial charge in [0.1, 0.15) is 17.0 Å². The van der Waals surface area contributed by atoms with Crippen LogP contribution in [0.1, 0.15) is 0 Å². The molecule has 1 N–H and O–H groups in total.